The minimum atomic E-state index is -0.337. The van der Waals surface area contributed by atoms with Gasteiger partial charge in [-0.1, -0.05) is 164 Å². The molecule has 0 bridgehead atoms. The summed E-state index contributed by atoms with van der Waals surface area (Å²) in [5, 5.41) is 2.50. The lowest BCUT2D eigenvalue weighted by Crippen LogP contribution is -2.23. The monoisotopic (exact) mass is 766 g/mol. The van der Waals surface area contributed by atoms with E-state index in [0.717, 1.165) is 22.6 Å². The number of fused-ring (bicyclic) bond motifs is 6. The van der Waals surface area contributed by atoms with E-state index >= 15 is 0 Å². The van der Waals surface area contributed by atoms with Crippen molar-refractivity contribution >= 4 is 44.9 Å². The summed E-state index contributed by atoms with van der Waals surface area (Å²) in [5.74, 6) is 0. The first-order chi connectivity index (χ1) is 29.6. The van der Waals surface area contributed by atoms with Gasteiger partial charge in [-0.2, -0.15) is 0 Å². The first-order valence-corrected chi connectivity index (χ1v) is 20.7. The largest absolute Gasteiger partial charge is 0.310 e. The highest BCUT2D eigenvalue weighted by Crippen LogP contribution is 2.54. The first kappa shape index (κ1) is 35.5. The molecule has 0 aliphatic heterocycles. The van der Waals surface area contributed by atoms with Gasteiger partial charge in [0.25, 0.3) is 0 Å². The van der Waals surface area contributed by atoms with Crippen LogP contribution in [0.4, 0.5) is 17.1 Å². The molecule has 0 spiro atoms. The van der Waals surface area contributed by atoms with Gasteiger partial charge in [0.15, 0.2) is 0 Å². The number of aromatic nitrogens is 1. The average molecular weight is 767 g/mol. The number of benzene rings is 9. The van der Waals surface area contributed by atoms with E-state index in [1.807, 2.05) is 6.08 Å². The Morgan fingerprint density at radius 1 is 0.433 bits per heavy atom. The second kappa shape index (κ2) is 14.3. The van der Waals surface area contributed by atoms with Crippen LogP contribution < -0.4 is 4.90 Å². The lowest BCUT2D eigenvalue weighted by atomic mass is 9.74. The zero-order valence-corrected chi connectivity index (χ0v) is 33.5. The van der Waals surface area contributed by atoms with Gasteiger partial charge < -0.3 is 9.47 Å². The molecule has 1 aliphatic rings. The summed E-state index contributed by atoms with van der Waals surface area (Å²) < 4.78 is 2.37. The van der Waals surface area contributed by atoms with Gasteiger partial charge in [-0.3, -0.25) is 0 Å². The van der Waals surface area contributed by atoms with Gasteiger partial charge in [0.1, 0.15) is 0 Å². The molecule has 0 saturated carbocycles. The van der Waals surface area contributed by atoms with Gasteiger partial charge in [-0.05, 0) is 129 Å². The summed E-state index contributed by atoms with van der Waals surface area (Å²) in [6, 6.07) is 79.8. The van der Waals surface area contributed by atoms with Crippen LogP contribution in [-0.2, 0) is 5.41 Å². The Hall–Kier alpha value is -7.68. The summed E-state index contributed by atoms with van der Waals surface area (Å²) >= 11 is 0. The third-order valence-corrected chi connectivity index (χ3v) is 12.7. The summed E-state index contributed by atoms with van der Waals surface area (Å²) in [4.78, 5) is 2.40. The molecule has 1 atom stereocenters. The van der Waals surface area contributed by atoms with E-state index in [1.165, 1.54) is 77.6 Å². The normalized spacial score (nSPS) is 14.2. The van der Waals surface area contributed by atoms with Crippen molar-refractivity contribution in [2.75, 3.05) is 4.90 Å². The van der Waals surface area contributed by atoms with Gasteiger partial charge in [0, 0.05) is 38.9 Å². The second-order valence-electron chi connectivity index (χ2n) is 15.9. The van der Waals surface area contributed by atoms with Crippen LogP contribution in [0.2, 0.25) is 0 Å². The van der Waals surface area contributed by atoms with Crippen molar-refractivity contribution < 1.29 is 0 Å². The van der Waals surface area contributed by atoms with Crippen molar-refractivity contribution in [2.24, 2.45) is 0 Å². The van der Waals surface area contributed by atoms with Crippen LogP contribution in [-0.4, -0.2) is 4.57 Å². The van der Waals surface area contributed by atoms with Crippen molar-refractivity contribution in [2.45, 2.75) is 12.3 Å². The van der Waals surface area contributed by atoms with Crippen LogP contribution in [0, 0.1) is 0 Å². The maximum Gasteiger partial charge on any atom is 0.0541 e. The molecule has 0 N–H and O–H groups in total. The van der Waals surface area contributed by atoms with Crippen molar-refractivity contribution in [1.29, 1.82) is 0 Å². The van der Waals surface area contributed by atoms with Crippen molar-refractivity contribution in [1.82, 2.24) is 4.57 Å². The van der Waals surface area contributed by atoms with Gasteiger partial charge in [-0.15, -0.1) is 0 Å². The highest BCUT2D eigenvalue weighted by molar-refractivity contribution is 6.10. The van der Waals surface area contributed by atoms with Crippen LogP contribution in [0.15, 0.2) is 225 Å². The SMILES string of the molecule is C=Cc1ccc(C2(C)c3ccccc3-c3ccc(N(c4ccc(-c5ccccc5)cc4)c4ccc(-c5ccc6c(c5)c5ccccc5n6-c5ccccc5)cc4)cc32)cc1. The molecule has 9 aromatic carbocycles. The van der Waals surface area contributed by atoms with E-state index in [2.05, 4.69) is 241 Å². The fourth-order valence-electron chi connectivity index (χ4n) is 9.57. The number of para-hydroxylation sites is 2. The maximum absolute atomic E-state index is 4.01. The lowest BCUT2D eigenvalue weighted by molar-refractivity contribution is 0.714. The molecule has 284 valence electrons. The Bertz CT molecular complexity index is 3190. The number of hydrogen-bond donors (Lipinski definition) is 0. The minimum absolute atomic E-state index is 0.337. The Morgan fingerprint density at radius 3 is 1.70 bits per heavy atom. The van der Waals surface area contributed by atoms with Gasteiger partial charge in [0.05, 0.1) is 11.0 Å². The zero-order chi connectivity index (χ0) is 40.2. The Morgan fingerprint density at radius 2 is 0.983 bits per heavy atom. The molecule has 10 aromatic rings. The summed E-state index contributed by atoms with van der Waals surface area (Å²) in [5.41, 5.74) is 18.9. The standard InChI is InChI=1S/C58H42N2/c1-3-40-22-29-45(30-23-40)58(2)54-20-12-10-18-50(54)51-36-35-49(39-55(51)58)59(47-31-24-42(25-32-47)41-14-6-4-7-15-41)48-33-26-43(27-34-48)44-28-37-57-53(38-44)52-19-11-13-21-56(52)60(57)46-16-8-5-9-17-46/h3-39H,1H2,2H3. The third kappa shape index (κ3) is 5.72. The number of hydrogen-bond acceptors (Lipinski definition) is 1. The molecule has 0 saturated heterocycles. The molecular formula is C58H42N2. The molecule has 1 heterocycles. The molecule has 0 amide bonds. The molecule has 2 heteroatoms. The average Bonchev–Trinajstić information content (AvgIpc) is 3.79. The van der Waals surface area contributed by atoms with Crippen LogP contribution >= 0.6 is 0 Å². The van der Waals surface area contributed by atoms with E-state index in [0.29, 0.717) is 0 Å². The highest BCUT2D eigenvalue weighted by atomic mass is 15.1. The van der Waals surface area contributed by atoms with Crippen LogP contribution in [0.3, 0.4) is 0 Å². The molecule has 1 unspecified atom stereocenters. The van der Waals surface area contributed by atoms with Gasteiger partial charge >= 0.3 is 0 Å². The fourth-order valence-corrected chi connectivity index (χ4v) is 9.57. The van der Waals surface area contributed by atoms with Gasteiger partial charge in [0.2, 0.25) is 0 Å². The summed E-state index contributed by atoms with van der Waals surface area (Å²) in [6.45, 7) is 6.39. The number of anilines is 3. The lowest BCUT2D eigenvalue weighted by Gasteiger charge is -2.31. The predicted molar refractivity (Wildman–Crippen MR) is 254 cm³/mol. The van der Waals surface area contributed by atoms with E-state index in [-0.39, 0.29) is 5.41 Å². The van der Waals surface area contributed by atoms with Crippen molar-refractivity contribution in [3.05, 3.63) is 247 Å². The maximum atomic E-state index is 4.01. The van der Waals surface area contributed by atoms with Crippen LogP contribution in [0.5, 0.6) is 0 Å². The molecule has 60 heavy (non-hydrogen) atoms. The Labute approximate surface area is 351 Å². The number of rotatable bonds is 8. The van der Waals surface area contributed by atoms with Gasteiger partial charge in [-0.25, -0.2) is 0 Å². The molecular weight excluding hydrogens is 725 g/mol. The molecule has 1 aromatic heterocycles. The molecule has 0 fully saturated rings. The smallest absolute Gasteiger partial charge is 0.0541 e. The third-order valence-electron chi connectivity index (χ3n) is 12.7. The number of nitrogens with zero attached hydrogens (tertiary/aromatic N) is 2. The first-order valence-electron chi connectivity index (χ1n) is 20.7. The summed E-state index contributed by atoms with van der Waals surface area (Å²) in [6.07, 6.45) is 1.91. The van der Waals surface area contributed by atoms with E-state index in [1.54, 1.807) is 0 Å². The van der Waals surface area contributed by atoms with E-state index in [4.69, 9.17) is 0 Å². The Kier molecular flexibility index (Phi) is 8.46. The van der Waals surface area contributed by atoms with Crippen molar-refractivity contribution in [3.8, 4) is 39.1 Å². The minimum Gasteiger partial charge on any atom is -0.310 e. The van der Waals surface area contributed by atoms with E-state index in [9.17, 15) is 0 Å². The zero-order valence-electron chi connectivity index (χ0n) is 33.5. The van der Waals surface area contributed by atoms with Crippen molar-refractivity contribution in [3.63, 3.8) is 0 Å². The quantitative estimate of drug-likeness (QED) is 0.150. The molecule has 2 nitrogen and oxygen atoms in total. The summed E-state index contributed by atoms with van der Waals surface area (Å²) in [7, 11) is 0. The highest BCUT2D eigenvalue weighted by Gasteiger charge is 2.41. The van der Waals surface area contributed by atoms with Crippen LogP contribution in [0.1, 0.15) is 29.2 Å². The Balaban J connectivity index is 1.03. The molecule has 11 rings (SSSR count). The topological polar surface area (TPSA) is 8.17 Å². The van der Waals surface area contributed by atoms with E-state index < -0.39 is 0 Å². The van der Waals surface area contributed by atoms with Crippen LogP contribution in [0.25, 0.3) is 66.9 Å². The second-order valence-corrected chi connectivity index (χ2v) is 15.9. The predicted octanol–water partition coefficient (Wildman–Crippen LogP) is 15.6. The fraction of sp³-hybridized carbons (Fsp3) is 0.0345. The molecule has 1 aliphatic carbocycles. The molecule has 0 radical (unpaired) electrons.